The van der Waals surface area contributed by atoms with Gasteiger partial charge in [0.1, 0.15) is 11.3 Å². The number of aryl methyl sites for hydroxylation is 3. The molecule has 0 aliphatic heterocycles. The van der Waals surface area contributed by atoms with Gasteiger partial charge in [0.15, 0.2) is 5.65 Å². The molecule has 3 rings (SSSR count). The molecule has 0 unspecified atom stereocenters. The van der Waals surface area contributed by atoms with Crippen LogP contribution in [0.25, 0.3) is 5.65 Å². The molecule has 144 valence electrons. The second-order valence-corrected chi connectivity index (χ2v) is 7.03. The fourth-order valence-corrected chi connectivity index (χ4v) is 3.13. The summed E-state index contributed by atoms with van der Waals surface area (Å²) >= 11 is 3.48. The lowest BCUT2D eigenvalue weighted by Crippen LogP contribution is -2.25. The Labute approximate surface area is 162 Å². The largest absolute Gasteiger partial charge is 0.352 e. The smallest absolute Gasteiger partial charge is 0.280 e. The topological polar surface area (TPSA) is 77.1 Å². The lowest BCUT2D eigenvalue weighted by molar-refractivity contribution is 0.0953. The zero-order chi connectivity index (χ0) is 19.7. The Balaban J connectivity index is 1.67. The molecule has 0 bridgehead atoms. The number of carbonyl (C=O) groups excluding carboxylic acids is 1. The molecule has 0 aliphatic rings. The van der Waals surface area contributed by atoms with Gasteiger partial charge in [-0.15, -0.1) is 0 Å². The first-order valence-electron chi connectivity index (χ1n) is 8.40. The second kappa shape index (κ2) is 7.71. The van der Waals surface area contributed by atoms with Crippen LogP contribution in [0.1, 0.15) is 46.0 Å². The quantitative estimate of drug-likeness (QED) is 0.596. The van der Waals surface area contributed by atoms with E-state index in [9.17, 15) is 13.6 Å². The van der Waals surface area contributed by atoms with Crippen LogP contribution >= 0.6 is 15.9 Å². The standard InChI is InChI=1S/C17H19BrF2N6O/c1-9-7-13(15(19)20)26-16(23-9)12(8-22-26)17(27)21-5-4-6-25-11(3)14(18)10(2)24-25/h7-8,15H,4-6H2,1-3H3,(H,21,27). The van der Waals surface area contributed by atoms with Crippen LogP contribution in [0.2, 0.25) is 0 Å². The molecule has 7 nitrogen and oxygen atoms in total. The number of halogens is 3. The molecule has 27 heavy (non-hydrogen) atoms. The molecule has 0 saturated carbocycles. The van der Waals surface area contributed by atoms with Crippen molar-refractivity contribution in [3.05, 3.63) is 45.1 Å². The number of aromatic nitrogens is 5. The maximum Gasteiger partial charge on any atom is 0.280 e. The molecule has 3 aromatic rings. The van der Waals surface area contributed by atoms with Crippen molar-refractivity contribution in [2.45, 2.75) is 40.2 Å². The SMILES string of the molecule is Cc1cc(C(F)F)n2ncc(C(=O)NCCCn3nc(C)c(Br)c3C)c2n1. The summed E-state index contributed by atoms with van der Waals surface area (Å²) in [6, 6.07) is 1.26. The average molecular weight is 441 g/mol. The van der Waals surface area contributed by atoms with Crippen LogP contribution in [-0.4, -0.2) is 36.8 Å². The number of nitrogens with one attached hydrogen (secondary N) is 1. The highest BCUT2D eigenvalue weighted by molar-refractivity contribution is 9.10. The first kappa shape index (κ1) is 19.4. The van der Waals surface area contributed by atoms with Crippen molar-refractivity contribution < 1.29 is 13.6 Å². The van der Waals surface area contributed by atoms with Gasteiger partial charge in [-0.05, 0) is 49.2 Å². The van der Waals surface area contributed by atoms with E-state index in [-0.39, 0.29) is 16.9 Å². The van der Waals surface area contributed by atoms with Gasteiger partial charge >= 0.3 is 0 Å². The van der Waals surface area contributed by atoms with Gasteiger partial charge in [0.25, 0.3) is 12.3 Å². The predicted octanol–water partition coefficient (Wildman–Crippen LogP) is 3.37. The van der Waals surface area contributed by atoms with Crippen LogP contribution in [0, 0.1) is 20.8 Å². The molecule has 0 radical (unpaired) electrons. The zero-order valence-corrected chi connectivity index (χ0v) is 16.7. The Morgan fingerprint density at radius 3 is 2.70 bits per heavy atom. The molecule has 0 atom stereocenters. The van der Waals surface area contributed by atoms with Crippen LogP contribution in [0.15, 0.2) is 16.7 Å². The maximum absolute atomic E-state index is 13.2. The van der Waals surface area contributed by atoms with Gasteiger partial charge in [0.2, 0.25) is 0 Å². The Morgan fingerprint density at radius 2 is 2.07 bits per heavy atom. The maximum atomic E-state index is 13.2. The van der Waals surface area contributed by atoms with E-state index in [0.29, 0.717) is 25.2 Å². The Hall–Kier alpha value is -2.36. The van der Waals surface area contributed by atoms with E-state index in [1.54, 1.807) is 6.92 Å². The summed E-state index contributed by atoms with van der Waals surface area (Å²) in [4.78, 5) is 16.6. The summed E-state index contributed by atoms with van der Waals surface area (Å²) in [6.07, 6.45) is -0.764. The number of amides is 1. The molecule has 0 fully saturated rings. The Morgan fingerprint density at radius 1 is 1.33 bits per heavy atom. The van der Waals surface area contributed by atoms with Crippen LogP contribution < -0.4 is 5.32 Å². The first-order valence-corrected chi connectivity index (χ1v) is 9.20. The van der Waals surface area contributed by atoms with Gasteiger partial charge in [0, 0.05) is 24.5 Å². The molecule has 0 aromatic carbocycles. The van der Waals surface area contributed by atoms with E-state index < -0.39 is 12.3 Å². The Kier molecular flexibility index (Phi) is 5.54. The van der Waals surface area contributed by atoms with Gasteiger partial charge in [-0.25, -0.2) is 18.3 Å². The molecule has 0 spiro atoms. The summed E-state index contributed by atoms with van der Waals surface area (Å²) in [7, 11) is 0. The van der Waals surface area contributed by atoms with E-state index in [1.165, 1.54) is 12.3 Å². The summed E-state index contributed by atoms with van der Waals surface area (Å²) in [5.74, 6) is -0.391. The summed E-state index contributed by atoms with van der Waals surface area (Å²) in [5, 5.41) is 11.1. The molecular formula is C17H19BrF2N6O. The van der Waals surface area contributed by atoms with Crippen LogP contribution in [0.3, 0.4) is 0 Å². The molecule has 3 heterocycles. The number of rotatable bonds is 6. The summed E-state index contributed by atoms with van der Waals surface area (Å²) in [5.41, 5.74) is 2.37. The zero-order valence-electron chi connectivity index (χ0n) is 15.1. The van der Waals surface area contributed by atoms with Crippen LogP contribution in [0.5, 0.6) is 0 Å². The fraction of sp³-hybridized carbons (Fsp3) is 0.412. The minimum absolute atomic E-state index is 0.130. The van der Waals surface area contributed by atoms with Gasteiger partial charge in [-0.2, -0.15) is 10.2 Å². The molecule has 3 aromatic heterocycles. The number of fused-ring (bicyclic) bond motifs is 1. The van der Waals surface area contributed by atoms with E-state index in [2.05, 4.69) is 36.4 Å². The van der Waals surface area contributed by atoms with Crippen LogP contribution in [-0.2, 0) is 6.54 Å². The fourth-order valence-electron chi connectivity index (χ4n) is 2.85. The molecule has 1 amide bonds. The molecule has 1 N–H and O–H groups in total. The monoisotopic (exact) mass is 440 g/mol. The molecule has 0 saturated heterocycles. The van der Waals surface area contributed by atoms with Crippen molar-refractivity contribution in [1.29, 1.82) is 0 Å². The third-order valence-electron chi connectivity index (χ3n) is 4.22. The second-order valence-electron chi connectivity index (χ2n) is 6.23. The normalized spacial score (nSPS) is 11.5. The number of hydrogen-bond acceptors (Lipinski definition) is 4. The molecular weight excluding hydrogens is 422 g/mol. The van der Waals surface area contributed by atoms with Crippen molar-refractivity contribution in [2.24, 2.45) is 0 Å². The van der Waals surface area contributed by atoms with E-state index >= 15 is 0 Å². The third-order valence-corrected chi connectivity index (χ3v) is 5.37. The molecule has 0 aliphatic carbocycles. The number of nitrogens with zero attached hydrogens (tertiary/aromatic N) is 5. The summed E-state index contributed by atoms with van der Waals surface area (Å²) < 4.78 is 30.2. The van der Waals surface area contributed by atoms with E-state index in [0.717, 1.165) is 20.4 Å². The van der Waals surface area contributed by atoms with E-state index in [1.807, 2.05) is 18.5 Å². The van der Waals surface area contributed by atoms with Crippen molar-refractivity contribution in [2.75, 3.05) is 6.54 Å². The van der Waals surface area contributed by atoms with Crippen molar-refractivity contribution >= 4 is 27.5 Å². The average Bonchev–Trinajstić information content (AvgIpc) is 3.14. The number of alkyl halides is 2. The highest BCUT2D eigenvalue weighted by Crippen LogP contribution is 2.22. The predicted molar refractivity (Wildman–Crippen MR) is 99.0 cm³/mol. The number of carbonyl (C=O) groups is 1. The third kappa shape index (κ3) is 3.85. The van der Waals surface area contributed by atoms with Gasteiger partial charge in [0.05, 0.1) is 16.4 Å². The van der Waals surface area contributed by atoms with Crippen molar-refractivity contribution in [3.63, 3.8) is 0 Å². The Bertz CT molecular complexity index is 997. The molecule has 10 heteroatoms. The minimum Gasteiger partial charge on any atom is -0.352 e. The van der Waals surface area contributed by atoms with E-state index in [4.69, 9.17) is 0 Å². The highest BCUT2D eigenvalue weighted by atomic mass is 79.9. The van der Waals surface area contributed by atoms with Gasteiger partial charge in [-0.1, -0.05) is 0 Å². The minimum atomic E-state index is -2.70. The van der Waals surface area contributed by atoms with Crippen LogP contribution in [0.4, 0.5) is 8.78 Å². The van der Waals surface area contributed by atoms with Gasteiger partial charge in [-0.3, -0.25) is 9.48 Å². The summed E-state index contributed by atoms with van der Waals surface area (Å²) in [6.45, 7) is 6.56. The van der Waals surface area contributed by atoms with Crippen molar-refractivity contribution in [3.8, 4) is 0 Å². The number of hydrogen-bond donors (Lipinski definition) is 1. The van der Waals surface area contributed by atoms with Crippen molar-refractivity contribution in [1.82, 2.24) is 29.7 Å². The first-order chi connectivity index (χ1) is 12.8. The van der Waals surface area contributed by atoms with Gasteiger partial charge < -0.3 is 5.32 Å². The highest BCUT2D eigenvalue weighted by Gasteiger charge is 2.20. The lowest BCUT2D eigenvalue weighted by Gasteiger charge is -2.07. The lowest BCUT2D eigenvalue weighted by atomic mass is 10.2.